The molecule has 1 aromatic carbocycles. The van der Waals surface area contributed by atoms with Crippen molar-refractivity contribution in [1.82, 2.24) is 0 Å². The smallest absolute Gasteiger partial charge is 0.323 e. The molecule has 1 aromatic rings. The highest BCUT2D eigenvalue weighted by atomic mass is 16.6. The highest BCUT2D eigenvalue weighted by molar-refractivity contribution is 5.74. The van der Waals surface area contributed by atoms with E-state index in [0.717, 1.165) is 12.8 Å². The van der Waals surface area contributed by atoms with Crippen molar-refractivity contribution in [1.29, 1.82) is 5.26 Å². The van der Waals surface area contributed by atoms with Crippen LogP contribution in [0.25, 0.3) is 0 Å². The van der Waals surface area contributed by atoms with Gasteiger partial charge in [-0.1, -0.05) is 0 Å². The fraction of sp³-hybridized carbons (Fsp3) is 0.385. The molecule has 1 fully saturated rings. The van der Waals surface area contributed by atoms with Crippen molar-refractivity contribution in [2.75, 3.05) is 18.0 Å². The van der Waals surface area contributed by atoms with Gasteiger partial charge in [-0.2, -0.15) is 5.26 Å². The molecule has 0 unspecified atom stereocenters. The zero-order valence-electron chi connectivity index (χ0n) is 10.7. The van der Waals surface area contributed by atoms with Crippen LogP contribution in [0.3, 0.4) is 0 Å². The molecule has 104 valence electrons. The molecular formula is C13H13N3O4. The molecule has 0 amide bonds. The summed E-state index contributed by atoms with van der Waals surface area (Å²) >= 11 is 0. The van der Waals surface area contributed by atoms with Crippen molar-refractivity contribution in [3.8, 4) is 6.07 Å². The minimum Gasteiger partial charge on any atom is -0.480 e. The van der Waals surface area contributed by atoms with Crippen LogP contribution in [0, 0.1) is 27.4 Å². The van der Waals surface area contributed by atoms with Crippen LogP contribution in [-0.4, -0.2) is 29.1 Å². The molecule has 0 bridgehead atoms. The van der Waals surface area contributed by atoms with E-state index in [0.29, 0.717) is 18.2 Å². The largest absolute Gasteiger partial charge is 0.480 e. The van der Waals surface area contributed by atoms with Crippen molar-refractivity contribution in [2.45, 2.75) is 12.8 Å². The highest BCUT2D eigenvalue weighted by Gasteiger charge is 2.26. The molecule has 1 aliphatic rings. The number of hydrogen-bond acceptors (Lipinski definition) is 5. The minimum absolute atomic E-state index is 0.0568. The Labute approximate surface area is 115 Å². The van der Waals surface area contributed by atoms with Gasteiger partial charge in [0.05, 0.1) is 4.92 Å². The topological polar surface area (TPSA) is 107 Å². The fourth-order valence-corrected chi connectivity index (χ4v) is 2.01. The SMILES string of the molecule is N#Cc1cc(N(CC(=O)O)CC2CC2)ccc1[N+](=O)[O-]. The molecule has 2 rings (SSSR count). The Morgan fingerprint density at radius 3 is 2.75 bits per heavy atom. The van der Waals surface area contributed by atoms with Crippen LogP contribution in [-0.2, 0) is 4.79 Å². The number of carbonyl (C=O) groups is 1. The molecule has 0 radical (unpaired) electrons. The molecule has 0 spiro atoms. The number of nitro groups is 1. The maximum Gasteiger partial charge on any atom is 0.323 e. The van der Waals surface area contributed by atoms with Gasteiger partial charge in [0.1, 0.15) is 18.2 Å². The third kappa shape index (κ3) is 3.23. The number of benzene rings is 1. The first kappa shape index (κ1) is 13.8. The number of carboxylic acids is 1. The quantitative estimate of drug-likeness (QED) is 0.626. The number of nitrogens with zero attached hydrogens (tertiary/aromatic N) is 3. The van der Waals surface area contributed by atoms with Crippen LogP contribution in [0.1, 0.15) is 18.4 Å². The normalized spacial score (nSPS) is 13.6. The summed E-state index contributed by atoms with van der Waals surface area (Å²) in [6.45, 7) is 0.411. The van der Waals surface area contributed by atoms with Crippen molar-refractivity contribution in [3.63, 3.8) is 0 Å². The lowest BCUT2D eigenvalue weighted by atomic mass is 10.1. The van der Waals surface area contributed by atoms with E-state index >= 15 is 0 Å². The first-order valence-electron chi connectivity index (χ1n) is 6.16. The molecule has 7 nitrogen and oxygen atoms in total. The standard InChI is InChI=1S/C13H13N3O4/c14-6-10-5-11(3-4-12(10)16(19)20)15(8-13(17)18)7-9-1-2-9/h3-5,9H,1-2,7-8H2,(H,17,18). The molecule has 0 aliphatic heterocycles. The van der Waals surface area contributed by atoms with E-state index in [9.17, 15) is 14.9 Å². The van der Waals surface area contributed by atoms with Gasteiger partial charge in [0.2, 0.25) is 0 Å². The number of hydrogen-bond donors (Lipinski definition) is 1. The van der Waals surface area contributed by atoms with E-state index in [1.165, 1.54) is 18.2 Å². The summed E-state index contributed by atoms with van der Waals surface area (Å²) in [7, 11) is 0. The van der Waals surface area contributed by atoms with E-state index < -0.39 is 10.9 Å². The van der Waals surface area contributed by atoms with Gasteiger partial charge in [-0.15, -0.1) is 0 Å². The Morgan fingerprint density at radius 2 is 2.25 bits per heavy atom. The van der Waals surface area contributed by atoms with Crippen LogP contribution in [0.4, 0.5) is 11.4 Å². The summed E-state index contributed by atoms with van der Waals surface area (Å²) in [6, 6.07) is 5.89. The number of rotatable bonds is 6. The average molecular weight is 275 g/mol. The van der Waals surface area contributed by atoms with Gasteiger partial charge in [-0.3, -0.25) is 14.9 Å². The Bertz CT molecular complexity index is 590. The van der Waals surface area contributed by atoms with Gasteiger partial charge in [0.25, 0.3) is 5.69 Å². The maximum atomic E-state index is 10.9. The molecule has 0 atom stereocenters. The monoisotopic (exact) mass is 275 g/mol. The summed E-state index contributed by atoms with van der Waals surface area (Å²) in [5, 5.41) is 28.7. The van der Waals surface area contributed by atoms with Crippen molar-refractivity contribution >= 4 is 17.3 Å². The van der Waals surface area contributed by atoms with Gasteiger partial charge in [0.15, 0.2) is 0 Å². The Balaban J connectivity index is 2.30. The molecule has 7 heteroatoms. The van der Waals surface area contributed by atoms with Crippen molar-refractivity contribution in [2.24, 2.45) is 5.92 Å². The van der Waals surface area contributed by atoms with E-state index in [1.807, 2.05) is 0 Å². The van der Waals surface area contributed by atoms with Crippen LogP contribution in [0.5, 0.6) is 0 Å². The number of carboxylic acid groups (broad SMARTS) is 1. The Hall–Kier alpha value is -2.62. The van der Waals surface area contributed by atoms with Crippen molar-refractivity contribution in [3.05, 3.63) is 33.9 Å². The molecule has 0 heterocycles. The third-order valence-electron chi connectivity index (χ3n) is 3.16. The van der Waals surface area contributed by atoms with E-state index in [2.05, 4.69) is 0 Å². The lowest BCUT2D eigenvalue weighted by molar-refractivity contribution is -0.385. The molecule has 1 aliphatic carbocycles. The molecular weight excluding hydrogens is 262 g/mol. The first-order valence-corrected chi connectivity index (χ1v) is 6.16. The molecule has 0 saturated heterocycles. The third-order valence-corrected chi connectivity index (χ3v) is 3.16. The van der Waals surface area contributed by atoms with Crippen molar-refractivity contribution < 1.29 is 14.8 Å². The summed E-state index contributed by atoms with van der Waals surface area (Å²) in [5.74, 6) is -0.502. The van der Waals surface area contributed by atoms with E-state index in [1.54, 1.807) is 11.0 Å². The minimum atomic E-state index is -0.970. The number of nitriles is 1. The first-order chi connectivity index (χ1) is 9.51. The second-order valence-electron chi connectivity index (χ2n) is 4.79. The summed E-state index contributed by atoms with van der Waals surface area (Å²) in [5.41, 5.74) is 0.207. The van der Waals surface area contributed by atoms with Gasteiger partial charge >= 0.3 is 5.97 Å². The predicted octanol–water partition coefficient (Wildman–Crippen LogP) is 1.77. The molecule has 1 N–H and O–H groups in total. The number of nitro benzene ring substituents is 1. The molecule has 0 aromatic heterocycles. The summed E-state index contributed by atoms with van der Waals surface area (Å²) in [4.78, 5) is 22.7. The lowest BCUT2D eigenvalue weighted by Gasteiger charge is -2.22. The molecule has 20 heavy (non-hydrogen) atoms. The predicted molar refractivity (Wildman–Crippen MR) is 70.4 cm³/mol. The lowest BCUT2D eigenvalue weighted by Crippen LogP contribution is -2.31. The van der Waals surface area contributed by atoms with E-state index in [4.69, 9.17) is 10.4 Å². The fourth-order valence-electron chi connectivity index (χ4n) is 2.01. The van der Waals surface area contributed by atoms with E-state index in [-0.39, 0.29) is 17.8 Å². The maximum absolute atomic E-state index is 10.9. The summed E-state index contributed by atoms with van der Waals surface area (Å²) in [6.07, 6.45) is 2.13. The Kier molecular flexibility index (Phi) is 3.84. The zero-order valence-corrected chi connectivity index (χ0v) is 10.7. The summed E-state index contributed by atoms with van der Waals surface area (Å²) < 4.78 is 0. The zero-order chi connectivity index (χ0) is 14.7. The van der Waals surface area contributed by atoms with Gasteiger partial charge in [0, 0.05) is 18.3 Å². The van der Waals surface area contributed by atoms with Crippen LogP contribution in [0.2, 0.25) is 0 Å². The second kappa shape index (κ2) is 5.57. The van der Waals surface area contributed by atoms with Crippen LogP contribution < -0.4 is 4.90 Å². The highest BCUT2D eigenvalue weighted by Crippen LogP contribution is 2.32. The molecule has 1 saturated carbocycles. The number of aliphatic carboxylic acids is 1. The van der Waals surface area contributed by atoms with Crippen LogP contribution >= 0.6 is 0 Å². The van der Waals surface area contributed by atoms with Gasteiger partial charge < -0.3 is 10.0 Å². The van der Waals surface area contributed by atoms with Crippen LogP contribution in [0.15, 0.2) is 18.2 Å². The second-order valence-corrected chi connectivity index (χ2v) is 4.79. The average Bonchev–Trinajstić information content (AvgIpc) is 3.20. The number of anilines is 1. The van der Waals surface area contributed by atoms with Gasteiger partial charge in [-0.25, -0.2) is 0 Å². The Morgan fingerprint density at radius 1 is 1.55 bits per heavy atom. The van der Waals surface area contributed by atoms with Gasteiger partial charge in [-0.05, 0) is 30.9 Å².